The first-order valence-corrected chi connectivity index (χ1v) is 5.13. The van der Waals surface area contributed by atoms with Crippen molar-refractivity contribution in [1.29, 1.82) is 0 Å². The molecule has 2 aliphatic carbocycles. The lowest BCUT2D eigenvalue weighted by Crippen LogP contribution is -2.24. The molecule has 3 heteroatoms. The Kier molecular flexibility index (Phi) is 2.54. The molecule has 0 saturated heterocycles. The van der Waals surface area contributed by atoms with E-state index in [1.165, 1.54) is 19.3 Å². The SMILES string of the molecule is OC(CC1CC2CCC1C2)C(F)F. The van der Waals surface area contributed by atoms with Crippen molar-refractivity contribution in [3.05, 3.63) is 0 Å². The van der Waals surface area contributed by atoms with E-state index in [4.69, 9.17) is 5.11 Å². The zero-order valence-electron chi connectivity index (χ0n) is 7.63. The number of aliphatic hydroxyl groups is 1. The highest BCUT2D eigenvalue weighted by Gasteiger charge is 2.40. The first kappa shape index (κ1) is 9.38. The molecule has 0 aliphatic heterocycles. The Morgan fingerprint density at radius 3 is 2.46 bits per heavy atom. The van der Waals surface area contributed by atoms with Crippen molar-refractivity contribution in [1.82, 2.24) is 0 Å². The maximum absolute atomic E-state index is 12.1. The highest BCUT2D eigenvalue weighted by molar-refractivity contribution is 4.90. The van der Waals surface area contributed by atoms with Gasteiger partial charge in [-0.05, 0) is 43.4 Å². The minimum Gasteiger partial charge on any atom is -0.387 e. The molecule has 0 aromatic rings. The number of halogens is 2. The fourth-order valence-electron chi connectivity index (χ4n) is 3.08. The Morgan fingerprint density at radius 2 is 2.00 bits per heavy atom. The van der Waals surface area contributed by atoms with Crippen molar-refractivity contribution in [2.75, 3.05) is 0 Å². The van der Waals surface area contributed by atoms with Gasteiger partial charge in [-0.15, -0.1) is 0 Å². The molecule has 0 aromatic carbocycles. The van der Waals surface area contributed by atoms with Crippen molar-refractivity contribution in [3.63, 3.8) is 0 Å². The van der Waals surface area contributed by atoms with Gasteiger partial charge in [-0.25, -0.2) is 8.78 Å². The minimum atomic E-state index is -2.56. The Balaban J connectivity index is 1.83. The summed E-state index contributed by atoms with van der Waals surface area (Å²) >= 11 is 0. The minimum absolute atomic E-state index is 0.318. The van der Waals surface area contributed by atoms with E-state index in [2.05, 4.69) is 0 Å². The summed E-state index contributed by atoms with van der Waals surface area (Å²) in [6, 6.07) is 0. The summed E-state index contributed by atoms with van der Waals surface area (Å²) in [6.07, 6.45) is 1.16. The third-order valence-corrected chi connectivity index (χ3v) is 3.72. The van der Waals surface area contributed by atoms with Crippen LogP contribution in [0, 0.1) is 17.8 Å². The first-order valence-electron chi connectivity index (χ1n) is 5.13. The summed E-state index contributed by atoms with van der Waals surface area (Å²) in [7, 11) is 0. The molecule has 1 N–H and O–H groups in total. The predicted octanol–water partition coefficient (Wildman–Crippen LogP) is 2.44. The van der Waals surface area contributed by atoms with Crippen LogP contribution in [0.1, 0.15) is 32.1 Å². The molecular formula is C10H16F2O. The molecule has 4 unspecified atom stereocenters. The second kappa shape index (κ2) is 3.52. The van der Waals surface area contributed by atoms with Gasteiger partial charge in [0.25, 0.3) is 6.43 Å². The summed E-state index contributed by atoms with van der Waals surface area (Å²) in [5.41, 5.74) is 0. The van der Waals surface area contributed by atoms with Gasteiger partial charge in [-0.2, -0.15) is 0 Å². The lowest BCUT2D eigenvalue weighted by Gasteiger charge is -2.23. The van der Waals surface area contributed by atoms with Crippen LogP contribution < -0.4 is 0 Å². The second-order valence-electron chi connectivity index (χ2n) is 4.57. The molecule has 13 heavy (non-hydrogen) atoms. The maximum atomic E-state index is 12.1. The summed E-state index contributed by atoms with van der Waals surface area (Å²) in [5.74, 6) is 1.79. The van der Waals surface area contributed by atoms with Gasteiger partial charge in [0, 0.05) is 0 Å². The normalized spacial score (nSPS) is 40.2. The van der Waals surface area contributed by atoms with Crippen molar-refractivity contribution in [2.45, 2.75) is 44.6 Å². The van der Waals surface area contributed by atoms with Gasteiger partial charge >= 0.3 is 0 Å². The molecular weight excluding hydrogens is 174 g/mol. The third-order valence-electron chi connectivity index (χ3n) is 3.72. The van der Waals surface area contributed by atoms with Gasteiger partial charge in [0.1, 0.15) is 6.10 Å². The fraction of sp³-hybridized carbons (Fsp3) is 1.00. The smallest absolute Gasteiger partial charge is 0.264 e. The van der Waals surface area contributed by atoms with Crippen LogP contribution in [0.5, 0.6) is 0 Å². The van der Waals surface area contributed by atoms with E-state index in [0.717, 1.165) is 12.3 Å². The van der Waals surface area contributed by atoms with Crippen LogP contribution in [0.3, 0.4) is 0 Å². The number of alkyl halides is 2. The standard InChI is InChI=1S/C10H16F2O/c11-10(12)9(13)5-8-4-6-1-2-7(8)3-6/h6-10,13H,1-5H2. The zero-order chi connectivity index (χ0) is 9.42. The van der Waals surface area contributed by atoms with Crippen LogP contribution in [0.4, 0.5) is 8.78 Å². The monoisotopic (exact) mass is 190 g/mol. The van der Waals surface area contributed by atoms with Gasteiger partial charge in [0.05, 0.1) is 0 Å². The molecule has 0 heterocycles. The molecule has 2 aliphatic rings. The van der Waals surface area contributed by atoms with Crippen LogP contribution >= 0.6 is 0 Å². The van der Waals surface area contributed by atoms with E-state index in [9.17, 15) is 8.78 Å². The second-order valence-corrected chi connectivity index (χ2v) is 4.57. The largest absolute Gasteiger partial charge is 0.387 e. The Hall–Kier alpha value is -0.180. The predicted molar refractivity (Wildman–Crippen MR) is 45.6 cm³/mol. The Bertz CT molecular complexity index is 184. The summed E-state index contributed by atoms with van der Waals surface area (Å²) in [4.78, 5) is 0. The van der Waals surface area contributed by atoms with E-state index < -0.39 is 12.5 Å². The van der Waals surface area contributed by atoms with Crippen LogP contribution in [0.25, 0.3) is 0 Å². The van der Waals surface area contributed by atoms with Gasteiger partial charge < -0.3 is 5.11 Å². The molecule has 2 rings (SSSR count). The zero-order valence-corrected chi connectivity index (χ0v) is 7.63. The van der Waals surface area contributed by atoms with Gasteiger partial charge in [-0.3, -0.25) is 0 Å². The summed E-state index contributed by atoms with van der Waals surface area (Å²) in [6.45, 7) is 0. The van der Waals surface area contributed by atoms with Crippen LogP contribution in [0.2, 0.25) is 0 Å². The number of fused-ring (bicyclic) bond motifs is 2. The highest BCUT2D eigenvalue weighted by atomic mass is 19.3. The molecule has 4 atom stereocenters. The van der Waals surface area contributed by atoms with E-state index in [1.54, 1.807) is 0 Å². The number of hydrogen-bond acceptors (Lipinski definition) is 1. The van der Waals surface area contributed by atoms with Crippen LogP contribution in [0.15, 0.2) is 0 Å². The molecule has 0 amide bonds. The van der Waals surface area contributed by atoms with Gasteiger partial charge in [-0.1, -0.05) is 6.42 Å². The molecule has 2 saturated carbocycles. The molecule has 0 aromatic heterocycles. The molecule has 2 fully saturated rings. The van der Waals surface area contributed by atoms with Crippen molar-refractivity contribution in [3.8, 4) is 0 Å². The first-order chi connectivity index (χ1) is 6.16. The van der Waals surface area contributed by atoms with Crippen molar-refractivity contribution >= 4 is 0 Å². The topological polar surface area (TPSA) is 20.2 Å². The average Bonchev–Trinajstić information content (AvgIpc) is 2.64. The molecule has 76 valence electrons. The molecule has 1 nitrogen and oxygen atoms in total. The quantitative estimate of drug-likeness (QED) is 0.724. The summed E-state index contributed by atoms with van der Waals surface area (Å²) in [5, 5.41) is 9.06. The molecule has 2 bridgehead atoms. The number of aliphatic hydroxyl groups excluding tert-OH is 1. The Labute approximate surface area is 77.1 Å². The number of rotatable bonds is 3. The highest BCUT2D eigenvalue weighted by Crippen LogP contribution is 2.50. The van der Waals surface area contributed by atoms with E-state index in [1.807, 2.05) is 0 Å². The lowest BCUT2D eigenvalue weighted by molar-refractivity contribution is -0.0218. The third kappa shape index (κ3) is 1.85. The molecule has 0 spiro atoms. The fourth-order valence-corrected chi connectivity index (χ4v) is 3.08. The van der Waals surface area contributed by atoms with Crippen LogP contribution in [-0.2, 0) is 0 Å². The maximum Gasteiger partial charge on any atom is 0.264 e. The Morgan fingerprint density at radius 1 is 1.23 bits per heavy atom. The van der Waals surface area contributed by atoms with E-state index >= 15 is 0 Å². The summed E-state index contributed by atoms with van der Waals surface area (Å²) < 4.78 is 24.1. The van der Waals surface area contributed by atoms with Crippen molar-refractivity contribution < 1.29 is 13.9 Å². The van der Waals surface area contributed by atoms with Gasteiger partial charge in [0.15, 0.2) is 0 Å². The van der Waals surface area contributed by atoms with Crippen LogP contribution in [-0.4, -0.2) is 17.6 Å². The van der Waals surface area contributed by atoms with Gasteiger partial charge in [0.2, 0.25) is 0 Å². The van der Waals surface area contributed by atoms with E-state index in [0.29, 0.717) is 18.3 Å². The average molecular weight is 190 g/mol. The van der Waals surface area contributed by atoms with E-state index in [-0.39, 0.29) is 0 Å². The van der Waals surface area contributed by atoms with Crippen molar-refractivity contribution in [2.24, 2.45) is 17.8 Å². The lowest BCUT2D eigenvalue weighted by atomic mass is 9.85. The number of hydrogen-bond donors (Lipinski definition) is 1. The molecule has 0 radical (unpaired) electrons.